The summed E-state index contributed by atoms with van der Waals surface area (Å²) in [6.07, 6.45) is 5.04. The van der Waals surface area contributed by atoms with Crippen LogP contribution >= 0.6 is 0 Å². The molecule has 1 aliphatic rings. The molecule has 1 fully saturated rings. The van der Waals surface area contributed by atoms with Crippen LogP contribution in [0.3, 0.4) is 0 Å². The second-order valence-corrected chi connectivity index (χ2v) is 5.14. The molecular weight excluding hydrogens is 276 g/mol. The number of halogens is 2. The molecule has 1 aliphatic heterocycles. The number of rotatable bonds is 5. The van der Waals surface area contributed by atoms with Gasteiger partial charge in [0.15, 0.2) is 0 Å². The van der Waals surface area contributed by atoms with E-state index < -0.39 is 6.61 Å². The van der Waals surface area contributed by atoms with Gasteiger partial charge in [0.2, 0.25) is 0 Å². The van der Waals surface area contributed by atoms with E-state index in [0.717, 1.165) is 30.0 Å². The summed E-state index contributed by atoms with van der Waals surface area (Å²) in [6, 6.07) is 7.03. The summed E-state index contributed by atoms with van der Waals surface area (Å²) in [6.45, 7) is -1.72. The van der Waals surface area contributed by atoms with E-state index >= 15 is 0 Å². The maximum Gasteiger partial charge on any atom is 0.387 e. The van der Waals surface area contributed by atoms with Crippen molar-refractivity contribution in [3.8, 4) is 17.0 Å². The van der Waals surface area contributed by atoms with Gasteiger partial charge >= 0.3 is 6.61 Å². The second kappa shape index (κ2) is 6.22. The van der Waals surface area contributed by atoms with Gasteiger partial charge in [-0.2, -0.15) is 8.78 Å². The molecule has 1 unspecified atom stereocenters. The van der Waals surface area contributed by atoms with Crippen LogP contribution in [-0.2, 0) is 6.42 Å². The van der Waals surface area contributed by atoms with Gasteiger partial charge in [0.1, 0.15) is 11.6 Å². The Labute approximate surface area is 121 Å². The third kappa shape index (κ3) is 3.58. The Balaban J connectivity index is 1.67. The normalized spacial score (nSPS) is 18.3. The average molecular weight is 293 g/mol. The molecule has 3 rings (SSSR count). The van der Waals surface area contributed by atoms with Crippen molar-refractivity contribution in [3.05, 3.63) is 36.3 Å². The number of benzene rings is 1. The number of hydrogen-bond donors (Lipinski definition) is 2. The first-order valence-corrected chi connectivity index (χ1v) is 7.03. The van der Waals surface area contributed by atoms with Crippen LogP contribution < -0.4 is 10.1 Å². The van der Waals surface area contributed by atoms with Crippen LogP contribution in [0.5, 0.6) is 5.75 Å². The van der Waals surface area contributed by atoms with Crippen LogP contribution in [0, 0.1) is 0 Å². The lowest BCUT2D eigenvalue weighted by Gasteiger charge is -2.07. The number of ether oxygens (including phenoxy) is 1. The number of alkyl halides is 2. The third-order valence-corrected chi connectivity index (χ3v) is 3.62. The Bertz CT molecular complexity index is 577. The summed E-state index contributed by atoms with van der Waals surface area (Å²) in [5, 5.41) is 3.43. The molecule has 2 aromatic rings. The molecule has 0 spiro atoms. The van der Waals surface area contributed by atoms with Crippen LogP contribution in [0.4, 0.5) is 8.78 Å². The van der Waals surface area contributed by atoms with Crippen LogP contribution in [0.2, 0.25) is 0 Å². The average Bonchev–Trinajstić information content (AvgIpc) is 3.11. The highest BCUT2D eigenvalue weighted by Crippen LogP contribution is 2.22. The molecular formula is C15H17F2N3O. The molecule has 0 aliphatic carbocycles. The molecule has 2 N–H and O–H groups in total. The van der Waals surface area contributed by atoms with Gasteiger partial charge < -0.3 is 15.0 Å². The maximum atomic E-state index is 12.1. The Morgan fingerprint density at radius 3 is 2.76 bits per heavy atom. The van der Waals surface area contributed by atoms with Crippen LogP contribution in [-0.4, -0.2) is 29.2 Å². The maximum absolute atomic E-state index is 12.1. The number of nitrogens with zero attached hydrogens (tertiary/aromatic N) is 1. The molecule has 1 atom stereocenters. The van der Waals surface area contributed by atoms with Crippen molar-refractivity contribution in [2.24, 2.45) is 0 Å². The molecule has 0 radical (unpaired) electrons. The van der Waals surface area contributed by atoms with Crippen molar-refractivity contribution in [2.75, 3.05) is 6.54 Å². The summed E-state index contributed by atoms with van der Waals surface area (Å²) in [5.74, 6) is 1.10. The fraction of sp³-hybridized carbons (Fsp3) is 0.400. The molecule has 6 heteroatoms. The lowest BCUT2D eigenvalue weighted by molar-refractivity contribution is -0.0498. The molecule has 0 amide bonds. The fourth-order valence-corrected chi connectivity index (χ4v) is 2.59. The highest BCUT2D eigenvalue weighted by molar-refractivity contribution is 5.59. The molecule has 1 aromatic heterocycles. The lowest BCUT2D eigenvalue weighted by atomic mass is 10.1. The van der Waals surface area contributed by atoms with Crippen LogP contribution in [0.15, 0.2) is 30.5 Å². The second-order valence-electron chi connectivity index (χ2n) is 5.14. The van der Waals surface area contributed by atoms with E-state index in [0.29, 0.717) is 6.04 Å². The van der Waals surface area contributed by atoms with E-state index in [2.05, 4.69) is 20.0 Å². The first kappa shape index (κ1) is 14.0. The number of nitrogens with one attached hydrogen (secondary N) is 2. The van der Waals surface area contributed by atoms with Gasteiger partial charge in [0.25, 0.3) is 0 Å². The first-order chi connectivity index (χ1) is 10.2. The molecule has 0 bridgehead atoms. The molecule has 4 nitrogen and oxygen atoms in total. The van der Waals surface area contributed by atoms with E-state index in [9.17, 15) is 8.78 Å². The van der Waals surface area contributed by atoms with Gasteiger partial charge in [-0.15, -0.1) is 0 Å². The van der Waals surface area contributed by atoms with E-state index in [-0.39, 0.29) is 5.75 Å². The van der Waals surface area contributed by atoms with Crippen molar-refractivity contribution in [3.63, 3.8) is 0 Å². The van der Waals surface area contributed by atoms with Crippen LogP contribution in [0.25, 0.3) is 11.3 Å². The zero-order chi connectivity index (χ0) is 14.7. The smallest absolute Gasteiger partial charge is 0.387 e. The Kier molecular flexibility index (Phi) is 4.15. The number of aromatic amines is 1. The van der Waals surface area contributed by atoms with Crippen molar-refractivity contribution < 1.29 is 13.5 Å². The van der Waals surface area contributed by atoms with Crippen molar-refractivity contribution in [1.29, 1.82) is 0 Å². The number of imidazole rings is 1. The summed E-state index contributed by atoms with van der Waals surface area (Å²) in [4.78, 5) is 7.66. The van der Waals surface area contributed by atoms with Gasteiger partial charge in [-0.1, -0.05) is 0 Å². The number of H-pyrrole nitrogens is 1. The Hall–Kier alpha value is -1.95. The van der Waals surface area contributed by atoms with Gasteiger partial charge in [-0.3, -0.25) is 0 Å². The Morgan fingerprint density at radius 1 is 1.29 bits per heavy atom. The summed E-state index contributed by atoms with van der Waals surface area (Å²) >= 11 is 0. The van der Waals surface area contributed by atoms with Crippen LogP contribution in [0.1, 0.15) is 18.7 Å². The topological polar surface area (TPSA) is 49.9 Å². The van der Waals surface area contributed by atoms with E-state index in [1.807, 2.05) is 0 Å². The van der Waals surface area contributed by atoms with E-state index in [4.69, 9.17) is 0 Å². The molecule has 112 valence electrons. The molecule has 21 heavy (non-hydrogen) atoms. The third-order valence-electron chi connectivity index (χ3n) is 3.62. The van der Waals surface area contributed by atoms with E-state index in [1.165, 1.54) is 25.0 Å². The fourth-order valence-electron chi connectivity index (χ4n) is 2.59. The zero-order valence-electron chi connectivity index (χ0n) is 11.5. The minimum Gasteiger partial charge on any atom is -0.435 e. The molecule has 0 saturated carbocycles. The summed E-state index contributed by atoms with van der Waals surface area (Å²) in [7, 11) is 0. The molecule has 1 saturated heterocycles. The van der Waals surface area contributed by atoms with Gasteiger partial charge in [-0.05, 0) is 49.2 Å². The monoisotopic (exact) mass is 293 g/mol. The summed E-state index contributed by atoms with van der Waals surface area (Å²) in [5.41, 5.74) is 1.78. The summed E-state index contributed by atoms with van der Waals surface area (Å²) < 4.78 is 28.5. The predicted molar refractivity (Wildman–Crippen MR) is 75.4 cm³/mol. The van der Waals surface area contributed by atoms with Gasteiger partial charge in [-0.25, -0.2) is 4.98 Å². The van der Waals surface area contributed by atoms with Gasteiger partial charge in [0, 0.05) is 12.5 Å². The quantitative estimate of drug-likeness (QED) is 0.891. The first-order valence-electron chi connectivity index (χ1n) is 7.03. The highest BCUT2D eigenvalue weighted by Gasteiger charge is 2.16. The highest BCUT2D eigenvalue weighted by atomic mass is 19.3. The van der Waals surface area contributed by atoms with Gasteiger partial charge in [0.05, 0.1) is 11.9 Å². The number of aromatic nitrogens is 2. The lowest BCUT2D eigenvalue weighted by Crippen LogP contribution is -2.24. The van der Waals surface area contributed by atoms with Crippen molar-refractivity contribution in [1.82, 2.24) is 15.3 Å². The standard InChI is InChI=1S/C15H17F2N3O/c16-15(17)21-12-5-3-10(4-6-12)13-9-19-14(20-13)8-11-2-1-7-18-11/h3-6,9,11,15,18H,1-2,7-8H2,(H,19,20). The minimum atomic E-state index is -2.80. The predicted octanol–water partition coefficient (Wildman–Crippen LogP) is 2.97. The Morgan fingerprint density at radius 2 is 2.10 bits per heavy atom. The number of hydrogen-bond acceptors (Lipinski definition) is 3. The largest absolute Gasteiger partial charge is 0.435 e. The zero-order valence-corrected chi connectivity index (χ0v) is 11.5. The van der Waals surface area contributed by atoms with E-state index in [1.54, 1.807) is 18.3 Å². The van der Waals surface area contributed by atoms with Crippen molar-refractivity contribution in [2.45, 2.75) is 31.9 Å². The SMILES string of the molecule is FC(F)Oc1ccc(-c2cnc(CC3CCCN3)[nH]2)cc1. The van der Waals surface area contributed by atoms with Crippen molar-refractivity contribution >= 4 is 0 Å². The molecule has 2 heterocycles. The molecule has 1 aromatic carbocycles. The minimum absolute atomic E-state index is 0.156.